The van der Waals surface area contributed by atoms with Gasteiger partial charge in [-0.25, -0.2) is 4.79 Å². The van der Waals surface area contributed by atoms with Crippen molar-refractivity contribution in [3.63, 3.8) is 0 Å². The molecule has 1 aliphatic carbocycles. The average molecular weight is 380 g/mol. The summed E-state index contributed by atoms with van der Waals surface area (Å²) in [6, 6.07) is 7.21. The molecular formula is C21H24N4O3. The van der Waals surface area contributed by atoms with Gasteiger partial charge in [-0.05, 0) is 25.3 Å². The van der Waals surface area contributed by atoms with Gasteiger partial charge in [0.25, 0.3) is 5.91 Å². The van der Waals surface area contributed by atoms with Crippen molar-refractivity contribution >= 4 is 17.8 Å². The summed E-state index contributed by atoms with van der Waals surface area (Å²) >= 11 is 0. The Morgan fingerprint density at radius 2 is 2.00 bits per heavy atom. The number of rotatable bonds is 6. The molecular weight excluding hydrogens is 356 g/mol. The van der Waals surface area contributed by atoms with Gasteiger partial charge in [-0.15, -0.1) is 6.58 Å². The summed E-state index contributed by atoms with van der Waals surface area (Å²) in [7, 11) is 0. The molecule has 2 aliphatic heterocycles. The highest BCUT2D eigenvalue weighted by Crippen LogP contribution is 2.36. The van der Waals surface area contributed by atoms with Gasteiger partial charge in [0.1, 0.15) is 6.54 Å². The Labute approximate surface area is 164 Å². The van der Waals surface area contributed by atoms with Gasteiger partial charge in [-0.2, -0.15) is 0 Å². The highest BCUT2D eigenvalue weighted by molar-refractivity contribution is 6.03. The van der Waals surface area contributed by atoms with Crippen LogP contribution in [-0.4, -0.2) is 53.3 Å². The zero-order chi connectivity index (χ0) is 19.8. The van der Waals surface area contributed by atoms with E-state index in [-0.39, 0.29) is 37.0 Å². The van der Waals surface area contributed by atoms with Crippen LogP contribution in [0.5, 0.6) is 0 Å². The largest absolute Gasteiger partial charge is 0.352 e. The van der Waals surface area contributed by atoms with E-state index in [9.17, 15) is 14.4 Å². The predicted molar refractivity (Wildman–Crippen MR) is 104 cm³/mol. The Kier molecular flexibility index (Phi) is 4.66. The molecule has 1 aromatic rings. The molecule has 0 radical (unpaired) electrons. The summed E-state index contributed by atoms with van der Waals surface area (Å²) < 4.78 is 0. The third kappa shape index (κ3) is 3.40. The van der Waals surface area contributed by atoms with Crippen molar-refractivity contribution in [1.29, 1.82) is 0 Å². The van der Waals surface area contributed by atoms with Crippen LogP contribution in [0.4, 0.5) is 4.79 Å². The van der Waals surface area contributed by atoms with Crippen LogP contribution in [0, 0.1) is 6.92 Å². The summed E-state index contributed by atoms with van der Waals surface area (Å²) in [5.74, 6) is -0.363. The van der Waals surface area contributed by atoms with Crippen LogP contribution in [0.2, 0.25) is 0 Å². The fraction of sp³-hybridized carbons (Fsp3) is 0.381. The van der Waals surface area contributed by atoms with E-state index in [0.717, 1.165) is 24.0 Å². The lowest BCUT2D eigenvalue weighted by Gasteiger charge is -2.33. The minimum atomic E-state index is -0.520. The summed E-state index contributed by atoms with van der Waals surface area (Å²) in [5.41, 5.74) is 3.13. The van der Waals surface area contributed by atoms with Crippen molar-refractivity contribution in [3.05, 3.63) is 59.3 Å². The van der Waals surface area contributed by atoms with E-state index in [4.69, 9.17) is 0 Å². The first-order valence-corrected chi connectivity index (χ1v) is 9.55. The van der Waals surface area contributed by atoms with Crippen LogP contribution >= 0.6 is 0 Å². The zero-order valence-corrected chi connectivity index (χ0v) is 15.9. The minimum Gasteiger partial charge on any atom is -0.352 e. The number of carbonyl (C=O) groups excluding carboxylic acids is 3. The predicted octanol–water partition coefficient (Wildman–Crippen LogP) is 1.62. The molecule has 1 saturated carbocycles. The quantitative estimate of drug-likeness (QED) is 0.736. The van der Waals surface area contributed by atoms with Crippen LogP contribution in [0.25, 0.3) is 0 Å². The molecule has 0 aromatic heterocycles. The van der Waals surface area contributed by atoms with E-state index in [2.05, 4.69) is 17.2 Å². The van der Waals surface area contributed by atoms with Crippen molar-refractivity contribution < 1.29 is 14.4 Å². The van der Waals surface area contributed by atoms with Crippen LogP contribution < -0.4 is 10.6 Å². The monoisotopic (exact) mass is 380 g/mol. The Morgan fingerprint density at radius 3 is 2.64 bits per heavy atom. The number of nitrogens with zero attached hydrogens (tertiary/aromatic N) is 2. The molecule has 0 saturated heterocycles. The van der Waals surface area contributed by atoms with Crippen LogP contribution in [0.1, 0.15) is 30.0 Å². The summed E-state index contributed by atoms with van der Waals surface area (Å²) in [6.45, 7) is 6.25. The van der Waals surface area contributed by atoms with Crippen molar-refractivity contribution in [2.24, 2.45) is 0 Å². The van der Waals surface area contributed by atoms with Crippen molar-refractivity contribution in [2.75, 3.05) is 19.6 Å². The first kappa shape index (κ1) is 18.3. The molecule has 146 valence electrons. The number of urea groups is 1. The molecule has 0 spiro atoms. The summed E-state index contributed by atoms with van der Waals surface area (Å²) in [5, 5.41) is 5.85. The fourth-order valence-electron chi connectivity index (χ4n) is 3.68. The van der Waals surface area contributed by atoms with Gasteiger partial charge in [0.2, 0.25) is 5.91 Å². The standard InChI is InChI=1S/C21H24N4O3/c1-3-10-25-16-11-24(12-17(26)22-15-8-9-15)20(27)18(16)19(23-21(25)28)14-6-4-13(2)5-7-14/h3-7,15,19H,1,8-12H2,2H3,(H,22,26)(H,23,28)/t19-/m1/s1. The van der Waals surface area contributed by atoms with Crippen LogP contribution in [0.3, 0.4) is 0 Å². The first-order chi connectivity index (χ1) is 13.5. The zero-order valence-electron chi connectivity index (χ0n) is 15.9. The molecule has 4 amide bonds. The Morgan fingerprint density at radius 1 is 1.29 bits per heavy atom. The maximum absolute atomic E-state index is 13.2. The van der Waals surface area contributed by atoms with Gasteiger partial charge in [0.15, 0.2) is 0 Å². The molecule has 1 fully saturated rings. The Bertz CT molecular complexity index is 870. The minimum absolute atomic E-state index is 0.000922. The molecule has 2 heterocycles. The second kappa shape index (κ2) is 7.14. The van der Waals surface area contributed by atoms with E-state index >= 15 is 0 Å². The molecule has 28 heavy (non-hydrogen) atoms. The second-order valence-electron chi connectivity index (χ2n) is 7.56. The molecule has 2 N–H and O–H groups in total. The fourth-order valence-corrected chi connectivity index (χ4v) is 3.68. The lowest BCUT2D eigenvalue weighted by atomic mass is 9.95. The van der Waals surface area contributed by atoms with Crippen molar-refractivity contribution in [2.45, 2.75) is 31.8 Å². The van der Waals surface area contributed by atoms with Crippen LogP contribution in [0.15, 0.2) is 48.2 Å². The lowest BCUT2D eigenvalue weighted by molar-refractivity contribution is -0.132. The van der Waals surface area contributed by atoms with Gasteiger partial charge < -0.3 is 15.5 Å². The average Bonchev–Trinajstić information content (AvgIpc) is 3.41. The molecule has 1 aromatic carbocycles. The topological polar surface area (TPSA) is 81.8 Å². The van der Waals surface area contributed by atoms with E-state index in [0.29, 0.717) is 17.8 Å². The molecule has 1 atom stereocenters. The Hall–Kier alpha value is -3.09. The van der Waals surface area contributed by atoms with E-state index in [1.165, 1.54) is 9.80 Å². The normalized spacial score (nSPS) is 21.5. The number of hydrogen-bond acceptors (Lipinski definition) is 3. The van der Waals surface area contributed by atoms with Gasteiger partial charge in [-0.3, -0.25) is 14.5 Å². The van der Waals surface area contributed by atoms with Gasteiger partial charge >= 0.3 is 6.03 Å². The highest BCUT2D eigenvalue weighted by atomic mass is 16.2. The highest BCUT2D eigenvalue weighted by Gasteiger charge is 2.44. The Balaban J connectivity index is 1.63. The summed E-state index contributed by atoms with van der Waals surface area (Å²) in [4.78, 5) is 41.1. The maximum Gasteiger partial charge on any atom is 0.322 e. The second-order valence-corrected chi connectivity index (χ2v) is 7.56. The van der Waals surface area contributed by atoms with E-state index in [1.54, 1.807) is 6.08 Å². The van der Waals surface area contributed by atoms with Gasteiger partial charge in [0.05, 0.1) is 23.9 Å². The number of carbonyl (C=O) groups is 3. The van der Waals surface area contributed by atoms with Crippen molar-refractivity contribution in [1.82, 2.24) is 20.4 Å². The smallest absolute Gasteiger partial charge is 0.322 e. The van der Waals surface area contributed by atoms with Crippen LogP contribution in [-0.2, 0) is 9.59 Å². The first-order valence-electron chi connectivity index (χ1n) is 9.55. The van der Waals surface area contributed by atoms with E-state index < -0.39 is 6.04 Å². The number of hydrogen-bond donors (Lipinski definition) is 2. The third-order valence-corrected chi connectivity index (χ3v) is 5.30. The van der Waals surface area contributed by atoms with E-state index in [1.807, 2.05) is 31.2 Å². The van der Waals surface area contributed by atoms with Gasteiger partial charge in [0, 0.05) is 12.6 Å². The summed E-state index contributed by atoms with van der Waals surface area (Å²) in [6.07, 6.45) is 3.62. The molecule has 7 heteroatoms. The van der Waals surface area contributed by atoms with Crippen molar-refractivity contribution in [3.8, 4) is 0 Å². The number of benzene rings is 1. The SMILES string of the molecule is C=CCN1C(=O)N[C@H](c2ccc(C)cc2)C2=C1CN(CC(=O)NC1CC1)C2=O. The number of nitrogens with one attached hydrogen (secondary N) is 2. The molecule has 7 nitrogen and oxygen atoms in total. The number of aryl methyl sites for hydroxylation is 1. The third-order valence-electron chi connectivity index (χ3n) is 5.30. The molecule has 0 bridgehead atoms. The number of amides is 4. The molecule has 3 aliphatic rings. The lowest BCUT2D eigenvalue weighted by Crippen LogP contribution is -2.47. The van der Waals surface area contributed by atoms with Gasteiger partial charge in [-0.1, -0.05) is 35.9 Å². The maximum atomic E-state index is 13.2. The molecule has 0 unspecified atom stereocenters. The molecule has 4 rings (SSSR count).